The Morgan fingerprint density at radius 3 is 2.67 bits per heavy atom. The molecule has 2 aromatic heterocycles. The average molecular weight is 242 g/mol. The lowest BCUT2D eigenvalue weighted by atomic mass is 10.1. The summed E-state index contributed by atoms with van der Waals surface area (Å²) < 4.78 is 3.74. The van der Waals surface area contributed by atoms with Crippen LogP contribution in [0.4, 0.5) is 5.82 Å². The lowest BCUT2D eigenvalue weighted by Crippen LogP contribution is -1.94. The molecule has 0 spiro atoms. The van der Waals surface area contributed by atoms with E-state index in [1.54, 1.807) is 16.8 Å². The second-order valence-electron chi connectivity index (χ2n) is 4.43. The van der Waals surface area contributed by atoms with Gasteiger partial charge in [0.15, 0.2) is 0 Å². The summed E-state index contributed by atoms with van der Waals surface area (Å²) in [7, 11) is 3.82. The minimum Gasteiger partial charge on any atom is -0.508 e. The molecule has 92 valence electrons. The van der Waals surface area contributed by atoms with E-state index < -0.39 is 0 Å². The van der Waals surface area contributed by atoms with Crippen molar-refractivity contribution in [1.29, 1.82) is 0 Å². The molecule has 0 bridgehead atoms. The Morgan fingerprint density at radius 1 is 1.22 bits per heavy atom. The maximum absolute atomic E-state index is 9.54. The number of hydrogen-bond donors (Lipinski definition) is 2. The number of aromatic nitrogens is 3. The van der Waals surface area contributed by atoms with Crippen LogP contribution in [0.15, 0.2) is 30.5 Å². The molecule has 0 atom stereocenters. The molecule has 0 aliphatic carbocycles. The molecular formula is C13H14N4O. The van der Waals surface area contributed by atoms with Crippen LogP contribution < -0.4 is 5.73 Å². The third kappa shape index (κ3) is 1.44. The number of hydrogen-bond acceptors (Lipinski definition) is 3. The van der Waals surface area contributed by atoms with Crippen molar-refractivity contribution in [3.8, 4) is 17.0 Å². The van der Waals surface area contributed by atoms with E-state index in [9.17, 15) is 5.11 Å². The fourth-order valence-corrected chi connectivity index (χ4v) is 2.32. The zero-order chi connectivity index (χ0) is 12.9. The molecule has 0 amide bonds. The first-order valence-corrected chi connectivity index (χ1v) is 5.64. The Kier molecular flexibility index (Phi) is 2.10. The van der Waals surface area contributed by atoms with Gasteiger partial charge in [-0.3, -0.25) is 4.68 Å². The summed E-state index contributed by atoms with van der Waals surface area (Å²) in [6, 6.07) is 7.19. The van der Waals surface area contributed by atoms with Crippen molar-refractivity contribution < 1.29 is 5.11 Å². The smallest absolute Gasteiger partial charge is 0.146 e. The Bertz CT molecular complexity index is 739. The second-order valence-corrected chi connectivity index (χ2v) is 4.43. The number of rotatable bonds is 1. The van der Waals surface area contributed by atoms with Gasteiger partial charge in [0.2, 0.25) is 0 Å². The molecule has 0 radical (unpaired) electrons. The quantitative estimate of drug-likeness (QED) is 0.684. The van der Waals surface area contributed by atoms with E-state index in [-0.39, 0.29) is 5.75 Å². The van der Waals surface area contributed by atoms with Crippen LogP contribution in [0.1, 0.15) is 0 Å². The molecular weight excluding hydrogens is 228 g/mol. The van der Waals surface area contributed by atoms with Crippen LogP contribution in [0, 0.1) is 0 Å². The van der Waals surface area contributed by atoms with Gasteiger partial charge in [0.25, 0.3) is 0 Å². The Hall–Kier alpha value is -2.43. The summed E-state index contributed by atoms with van der Waals surface area (Å²) in [6.45, 7) is 0. The molecule has 3 N–H and O–H groups in total. The lowest BCUT2D eigenvalue weighted by Gasteiger charge is -1.99. The number of fused-ring (bicyclic) bond motifs is 1. The molecule has 0 unspecified atom stereocenters. The molecule has 0 fully saturated rings. The monoisotopic (exact) mass is 242 g/mol. The number of nitrogens with zero attached hydrogens (tertiary/aromatic N) is 3. The van der Waals surface area contributed by atoms with E-state index in [1.807, 2.05) is 37.0 Å². The predicted molar refractivity (Wildman–Crippen MR) is 71.2 cm³/mol. The second kappa shape index (κ2) is 3.53. The highest BCUT2D eigenvalue weighted by Crippen LogP contribution is 2.32. The number of nitrogens with two attached hydrogens (primary N) is 1. The molecule has 18 heavy (non-hydrogen) atoms. The Morgan fingerprint density at radius 2 is 2.00 bits per heavy atom. The van der Waals surface area contributed by atoms with Crippen LogP contribution in [0.2, 0.25) is 0 Å². The van der Waals surface area contributed by atoms with Crippen LogP contribution in [0.3, 0.4) is 0 Å². The molecule has 0 saturated heterocycles. The van der Waals surface area contributed by atoms with Crippen molar-refractivity contribution in [1.82, 2.24) is 14.3 Å². The zero-order valence-electron chi connectivity index (χ0n) is 10.3. The zero-order valence-corrected chi connectivity index (χ0v) is 10.3. The summed E-state index contributed by atoms with van der Waals surface area (Å²) in [4.78, 5) is 0. The highest BCUT2D eigenvalue weighted by molar-refractivity contribution is 5.96. The number of phenolic OH excluding ortho intramolecular Hbond substituents is 1. The van der Waals surface area contributed by atoms with Crippen molar-refractivity contribution in [3.05, 3.63) is 30.5 Å². The molecule has 0 aliphatic heterocycles. The van der Waals surface area contributed by atoms with Crippen LogP contribution in [0.25, 0.3) is 22.2 Å². The first-order valence-electron chi connectivity index (χ1n) is 5.64. The first kappa shape index (κ1) is 10.7. The number of aryl methyl sites for hydroxylation is 2. The van der Waals surface area contributed by atoms with Gasteiger partial charge in [-0.05, 0) is 12.1 Å². The third-order valence-electron chi connectivity index (χ3n) is 3.15. The largest absolute Gasteiger partial charge is 0.508 e. The number of phenols is 1. The van der Waals surface area contributed by atoms with E-state index in [2.05, 4.69) is 5.10 Å². The summed E-state index contributed by atoms with van der Waals surface area (Å²) in [6.07, 6.45) is 2.01. The van der Waals surface area contributed by atoms with Crippen molar-refractivity contribution in [3.63, 3.8) is 0 Å². The Balaban J connectivity index is 2.33. The highest BCUT2D eigenvalue weighted by atomic mass is 16.3. The van der Waals surface area contributed by atoms with Crippen LogP contribution in [-0.4, -0.2) is 19.5 Å². The molecule has 5 heteroatoms. The highest BCUT2D eigenvalue weighted by Gasteiger charge is 2.13. The van der Waals surface area contributed by atoms with Gasteiger partial charge in [-0.25, -0.2) is 0 Å². The van der Waals surface area contributed by atoms with Crippen molar-refractivity contribution in [2.24, 2.45) is 14.1 Å². The standard InChI is InChI=1S/C13H14N4O/c1-16-7-10(12-6-13(14)15-17(12)2)9-4-3-8(18)5-11(9)16/h3-7,18H,1-2H3,(H2,14,15). The fraction of sp³-hybridized carbons (Fsp3) is 0.154. The Labute approximate surface area is 104 Å². The van der Waals surface area contributed by atoms with E-state index in [0.717, 1.165) is 22.2 Å². The van der Waals surface area contributed by atoms with Crippen LogP contribution in [-0.2, 0) is 14.1 Å². The maximum Gasteiger partial charge on any atom is 0.146 e. The van der Waals surface area contributed by atoms with Gasteiger partial charge in [0.1, 0.15) is 11.6 Å². The molecule has 3 rings (SSSR count). The number of nitrogen functional groups attached to an aromatic ring is 1. The SMILES string of the molecule is Cn1nc(N)cc1-c1cn(C)c2cc(O)ccc12. The van der Waals surface area contributed by atoms with Gasteiger partial charge in [0.05, 0.1) is 11.2 Å². The molecule has 0 aliphatic rings. The lowest BCUT2D eigenvalue weighted by molar-refractivity contribution is 0.476. The van der Waals surface area contributed by atoms with Gasteiger partial charge >= 0.3 is 0 Å². The van der Waals surface area contributed by atoms with Crippen LogP contribution in [0.5, 0.6) is 5.75 Å². The number of aromatic hydroxyl groups is 1. The maximum atomic E-state index is 9.54. The molecule has 1 aromatic carbocycles. The minimum absolute atomic E-state index is 0.264. The topological polar surface area (TPSA) is 69.0 Å². The average Bonchev–Trinajstić information content (AvgIpc) is 2.80. The van der Waals surface area contributed by atoms with E-state index >= 15 is 0 Å². The normalized spacial score (nSPS) is 11.2. The van der Waals surface area contributed by atoms with Crippen LogP contribution >= 0.6 is 0 Å². The van der Waals surface area contributed by atoms with Gasteiger partial charge in [0, 0.05) is 43.4 Å². The van der Waals surface area contributed by atoms with E-state index in [4.69, 9.17) is 5.73 Å². The van der Waals surface area contributed by atoms with Gasteiger partial charge < -0.3 is 15.4 Å². The number of anilines is 1. The third-order valence-corrected chi connectivity index (χ3v) is 3.15. The summed E-state index contributed by atoms with van der Waals surface area (Å²) in [5.41, 5.74) is 8.71. The molecule has 5 nitrogen and oxygen atoms in total. The summed E-state index contributed by atoms with van der Waals surface area (Å²) in [5, 5.41) is 14.8. The van der Waals surface area contributed by atoms with Gasteiger partial charge in [-0.15, -0.1) is 0 Å². The molecule has 0 saturated carbocycles. The predicted octanol–water partition coefficient (Wildman–Crippen LogP) is 1.87. The minimum atomic E-state index is 0.264. The molecule has 3 aromatic rings. The van der Waals surface area contributed by atoms with Crippen molar-refractivity contribution in [2.75, 3.05) is 5.73 Å². The molecule has 2 heterocycles. The van der Waals surface area contributed by atoms with Crippen molar-refractivity contribution in [2.45, 2.75) is 0 Å². The van der Waals surface area contributed by atoms with Crippen molar-refractivity contribution >= 4 is 16.7 Å². The number of benzene rings is 1. The summed E-state index contributed by atoms with van der Waals surface area (Å²) in [5.74, 6) is 0.767. The van der Waals surface area contributed by atoms with Gasteiger partial charge in [-0.1, -0.05) is 0 Å². The van der Waals surface area contributed by atoms with Gasteiger partial charge in [-0.2, -0.15) is 5.10 Å². The first-order chi connectivity index (χ1) is 8.56. The fourth-order valence-electron chi connectivity index (χ4n) is 2.32. The van der Waals surface area contributed by atoms with E-state index in [1.165, 1.54) is 0 Å². The van der Waals surface area contributed by atoms with E-state index in [0.29, 0.717) is 5.82 Å². The summed E-state index contributed by atoms with van der Waals surface area (Å²) >= 11 is 0.